The minimum absolute atomic E-state index is 0.366. The van der Waals surface area contributed by atoms with E-state index in [0.717, 1.165) is 11.3 Å². The molecule has 0 saturated heterocycles. The second-order valence-corrected chi connectivity index (χ2v) is 4.90. The first-order valence-corrected chi connectivity index (χ1v) is 6.72. The van der Waals surface area contributed by atoms with Gasteiger partial charge in [0.05, 0.1) is 13.2 Å². The third-order valence-electron chi connectivity index (χ3n) is 3.00. The number of aliphatic hydroxyl groups is 1. The summed E-state index contributed by atoms with van der Waals surface area (Å²) in [6, 6.07) is 12.9. The summed E-state index contributed by atoms with van der Waals surface area (Å²) < 4.78 is 11.1. The Kier molecular flexibility index (Phi) is 4.88. The molecule has 0 aliphatic rings. The highest BCUT2D eigenvalue weighted by molar-refractivity contribution is 6.30. The topological polar surface area (TPSA) is 38.7 Å². The maximum absolute atomic E-state index is 9.76. The molecule has 0 spiro atoms. The van der Waals surface area contributed by atoms with E-state index >= 15 is 0 Å². The highest BCUT2D eigenvalue weighted by Gasteiger charge is 2.11. The van der Waals surface area contributed by atoms with Crippen LogP contribution in [0.15, 0.2) is 42.5 Å². The number of rotatable bonds is 5. The minimum Gasteiger partial charge on any atom is -0.496 e. The lowest BCUT2D eigenvalue weighted by Crippen LogP contribution is -2.02. The summed E-state index contributed by atoms with van der Waals surface area (Å²) in [5, 5.41) is 10.3. The summed E-state index contributed by atoms with van der Waals surface area (Å²) in [6.07, 6.45) is -0.638. The first kappa shape index (κ1) is 14.7. The van der Waals surface area contributed by atoms with Gasteiger partial charge < -0.3 is 14.6 Å². The van der Waals surface area contributed by atoms with Gasteiger partial charge in [-0.2, -0.15) is 0 Å². The van der Waals surface area contributed by atoms with E-state index in [-0.39, 0.29) is 0 Å². The summed E-state index contributed by atoms with van der Waals surface area (Å²) in [7, 11) is 1.63. The lowest BCUT2D eigenvalue weighted by atomic mass is 10.1. The SMILES string of the molecule is COc1ccccc1COc1ccc(Cl)cc1C(C)O. The van der Waals surface area contributed by atoms with Crippen molar-refractivity contribution in [2.24, 2.45) is 0 Å². The van der Waals surface area contributed by atoms with Crippen LogP contribution in [0.4, 0.5) is 0 Å². The predicted octanol–water partition coefficient (Wildman–Crippen LogP) is 3.98. The predicted molar refractivity (Wildman–Crippen MR) is 79.4 cm³/mol. The van der Waals surface area contributed by atoms with Gasteiger partial charge in [0.1, 0.15) is 18.1 Å². The van der Waals surface area contributed by atoms with Crippen LogP contribution < -0.4 is 9.47 Å². The smallest absolute Gasteiger partial charge is 0.125 e. The fraction of sp³-hybridized carbons (Fsp3) is 0.250. The first-order chi connectivity index (χ1) is 9.61. The molecular weight excluding hydrogens is 276 g/mol. The second-order valence-electron chi connectivity index (χ2n) is 4.46. The van der Waals surface area contributed by atoms with Gasteiger partial charge in [-0.05, 0) is 31.2 Å². The molecule has 0 saturated carbocycles. The van der Waals surface area contributed by atoms with Crippen molar-refractivity contribution in [2.45, 2.75) is 19.6 Å². The summed E-state index contributed by atoms with van der Waals surface area (Å²) in [5.41, 5.74) is 1.62. The van der Waals surface area contributed by atoms with E-state index in [2.05, 4.69) is 0 Å². The van der Waals surface area contributed by atoms with Crippen molar-refractivity contribution in [3.8, 4) is 11.5 Å². The van der Waals surface area contributed by atoms with Gasteiger partial charge >= 0.3 is 0 Å². The van der Waals surface area contributed by atoms with E-state index < -0.39 is 6.10 Å². The van der Waals surface area contributed by atoms with Gasteiger partial charge in [-0.3, -0.25) is 0 Å². The second kappa shape index (κ2) is 6.64. The first-order valence-electron chi connectivity index (χ1n) is 6.34. The Labute approximate surface area is 123 Å². The number of hydrogen-bond donors (Lipinski definition) is 1. The van der Waals surface area contributed by atoms with Crippen molar-refractivity contribution in [1.82, 2.24) is 0 Å². The average Bonchev–Trinajstić information content (AvgIpc) is 2.46. The van der Waals surface area contributed by atoms with Gasteiger partial charge in [0.2, 0.25) is 0 Å². The van der Waals surface area contributed by atoms with Crippen molar-refractivity contribution >= 4 is 11.6 Å². The van der Waals surface area contributed by atoms with Crippen LogP contribution in [0.25, 0.3) is 0 Å². The van der Waals surface area contributed by atoms with E-state index in [0.29, 0.717) is 22.9 Å². The van der Waals surface area contributed by atoms with Crippen LogP contribution >= 0.6 is 11.6 Å². The molecule has 0 aromatic heterocycles. The minimum atomic E-state index is -0.638. The third kappa shape index (κ3) is 3.44. The van der Waals surface area contributed by atoms with Crippen molar-refractivity contribution in [1.29, 1.82) is 0 Å². The average molecular weight is 293 g/mol. The lowest BCUT2D eigenvalue weighted by Gasteiger charge is -2.15. The monoisotopic (exact) mass is 292 g/mol. The Hall–Kier alpha value is -1.71. The van der Waals surface area contributed by atoms with Crippen molar-refractivity contribution < 1.29 is 14.6 Å². The van der Waals surface area contributed by atoms with Crippen LogP contribution in [0, 0.1) is 0 Å². The Bertz CT molecular complexity index is 582. The number of aliphatic hydroxyl groups excluding tert-OH is 1. The van der Waals surface area contributed by atoms with Crippen LogP contribution in [0.5, 0.6) is 11.5 Å². The van der Waals surface area contributed by atoms with Gasteiger partial charge in [0, 0.05) is 16.1 Å². The zero-order valence-electron chi connectivity index (χ0n) is 11.5. The number of ether oxygens (including phenoxy) is 2. The summed E-state index contributed by atoms with van der Waals surface area (Å²) in [4.78, 5) is 0. The van der Waals surface area contributed by atoms with Crippen LogP contribution in [-0.2, 0) is 6.61 Å². The zero-order chi connectivity index (χ0) is 14.5. The van der Waals surface area contributed by atoms with Gasteiger partial charge in [-0.25, -0.2) is 0 Å². The Morgan fingerprint density at radius 2 is 1.90 bits per heavy atom. The quantitative estimate of drug-likeness (QED) is 0.906. The molecule has 2 aromatic rings. The molecule has 1 N–H and O–H groups in total. The number of benzene rings is 2. The summed E-state index contributed by atoms with van der Waals surface area (Å²) in [6.45, 7) is 2.05. The van der Waals surface area contributed by atoms with Crippen molar-refractivity contribution in [3.63, 3.8) is 0 Å². The maximum Gasteiger partial charge on any atom is 0.125 e. The molecule has 4 heteroatoms. The van der Waals surface area contributed by atoms with E-state index in [1.165, 1.54) is 0 Å². The fourth-order valence-corrected chi connectivity index (χ4v) is 2.14. The van der Waals surface area contributed by atoms with Crippen LogP contribution in [0.2, 0.25) is 5.02 Å². The molecule has 0 aliphatic heterocycles. The fourth-order valence-electron chi connectivity index (χ4n) is 1.95. The van der Waals surface area contributed by atoms with E-state index in [4.69, 9.17) is 21.1 Å². The standard InChI is InChI=1S/C16H17ClO3/c1-11(18)14-9-13(17)7-8-16(14)20-10-12-5-3-4-6-15(12)19-2/h3-9,11,18H,10H2,1-2H3. The van der Waals surface area contributed by atoms with Gasteiger partial charge in [0.25, 0.3) is 0 Å². The van der Waals surface area contributed by atoms with E-state index in [1.54, 1.807) is 32.2 Å². The lowest BCUT2D eigenvalue weighted by molar-refractivity contribution is 0.190. The molecule has 0 aliphatic carbocycles. The largest absolute Gasteiger partial charge is 0.496 e. The highest BCUT2D eigenvalue weighted by atomic mass is 35.5. The molecule has 1 unspecified atom stereocenters. The molecule has 3 nitrogen and oxygen atoms in total. The Balaban J connectivity index is 2.19. The highest BCUT2D eigenvalue weighted by Crippen LogP contribution is 2.29. The van der Waals surface area contributed by atoms with Crippen LogP contribution in [-0.4, -0.2) is 12.2 Å². The van der Waals surface area contributed by atoms with Gasteiger partial charge in [-0.15, -0.1) is 0 Å². The molecule has 0 radical (unpaired) electrons. The van der Waals surface area contributed by atoms with E-state index in [1.807, 2.05) is 24.3 Å². The van der Waals surface area contributed by atoms with Gasteiger partial charge in [-0.1, -0.05) is 29.8 Å². The third-order valence-corrected chi connectivity index (χ3v) is 3.23. The van der Waals surface area contributed by atoms with Gasteiger partial charge in [0.15, 0.2) is 0 Å². The maximum atomic E-state index is 9.76. The number of hydrogen-bond acceptors (Lipinski definition) is 3. The molecule has 0 bridgehead atoms. The molecule has 0 amide bonds. The number of methoxy groups -OCH3 is 1. The molecule has 2 aromatic carbocycles. The molecular formula is C16H17ClO3. The normalized spacial score (nSPS) is 12.0. The molecule has 2 rings (SSSR count). The Morgan fingerprint density at radius 3 is 2.60 bits per heavy atom. The Morgan fingerprint density at radius 1 is 1.15 bits per heavy atom. The van der Waals surface area contributed by atoms with Crippen LogP contribution in [0.3, 0.4) is 0 Å². The molecule has 20 heavy (non-hydrogen) atoms. The number of para-hydroxylation sites is 1. The summed E-state index contributed by atoms with van der Waals surface area (Å²) >= 11 is 5.94. The van der Waals surface area contributed by atoms with Crippen molar-refractivity contribution in [2.75, 3.05) is 7.11 Å². The van der Waals surface area contributed by atoms with E-state index in [9.17, 15) is 5.11 Å². The summed E-state index contributed by atoms with van der Waals surface area (Å²) in [5.74, 6) is 1.40. The molecule has 0 fully saturated rings. The molecule has 0 heterocycles. The number of halogens is 1. The molecule has 106 valence electrons. The molecule has 1 atom stereocenters. The zero-order valence-corrected chi connectivity index (χ0v) is 12.2. The van der Waals surface area contributed by atoms with Crippen LogP contribution in [0.1, 0.15) is 24.2 Å². The van der Waals surface area contributed by atoms with Crippen molar-refractivity contribution in [3.05, 3.63) is 58.6 Å².